The van der Waals surface area contributed by atoms with E-state index in [0.717, 1.165) is 101 Å². The molecule has 0 atom stereocenters. The van der Waals surface area contributed by atoms with Gasteiger partial charge in [0.25, 0.3) is 0 Å². The van der Waals surface area contributed by atoms with Crippen LogP contribution in [0.3, 0.4) is 0 Å². The minimum absolute atomic E-state index is 0.843. The fourth-order valence-corrected chi connectivity index (χ4v) is 20.8. The molecule has 0 N–H and O–H groups in total. The number of hydrogen-bond donors (Lipinski definition) is 0. The van der Waals surface area contributed by atoms with E-state index in [4.69, 9.17) is 0 Å². The van der Waals surface area contributed by atoms with Crippen LogP contribution in [0.5, 0.6) is 0 Å². The third-order valence-electron chi connectivity index (χ3n) is 26.8. The lowest BCUT2D eigenvalue weighted by atomic mass is 9.67. The van der Waals surface area contributed by atoms with E-state index in [9.17, 15) is 0 Å². The van der Waals surface area contributed by atoms with Crippen molar-refractivity contribution in [1.29, 1.82) is 0 Å². The lowest BCUT2D eigenvalue weighted by Crippen LogP contribution is -2.27. The maximum atomic E-state index is 2.44. The van der Waals surface area contributed by atoms with E-state index in [1.165, 1.54) is 234 Å². The molecule has 524 valence electrons. The van der Waals surface area contributed by atoms with Gasteiger partial charge >= 0.3 is 0 Å². The zero-order chi connectivity index (χ0) is 65.7. The normalized spacial score (nSPS) is 30.5. The van der Waals surface area contributed by atoms with E-state index in [1.54, 1.807) is 99.3 Å². The zero-order valence-electron chi connectivity index (χ0n) is 63.0. The Labute approximate surface area is 583 Å². The Balaban J connectivity index is 0.000000148. The topological polar surface area (TPSA) is 0 Å². The van der Waals surface area contributed by atoms with Crippen molar-refractivity contribution in [2.45, 2.75) is 374 Å². The summed E-state index contributed by atoms with van der Waals surface area (Å²) in [6.07, 6.45) is 66.2. The number of rotatable bonds is 30. The van der Waals surface area contributed by atoms with Gasteiger partial charge in [-0.3, -0.25) is 0 Å². The van der Waals surface area contributed by atoms with Crippen LogP contribution in [-0.2, 0) is 25.7 Å². The highest BCUT2D eigenvalue weighted by molar-refractivity contribution is 5.29. The van der Waals surface area contributed by atoms with Crippen LogP contribution in [0, 0.1) is 71.0 Å². The Hall–Kier alpha value is -3.12. The molecule has 4 aromatic rings. The van der Waals surface area contributed by atoms with Crippen molar-refractivity contribution in [2.24, 2.45) is 71.0 Å². The molecule has 0 radical (unpaired) electrons. The Morgan fingerprint density at radius 2 is 0.457 bits per heavy atom. The summed E-state index contributed by atoms with van der Waals surface area (Å²) in [6, 6.07) is 38.3. The molecule has 0 aliphatic heterocycles. The molecule has 8 aliphatic rings. The lowest BCUT2D eigenvalue weighted by molar-refractivity contribution is 0.133. The van der Waals surface area contributed by atoms with Gasteiger partial charge in [-0.1, -0.05) is 230 Å². The molecular weight excluding hydrogens is 1130 g/mol. The van der Waals surface area contributed by atoms with Crippen molar-refractivity contribution >= 4 is 0 Å². The van der Waals surface area contributed by atoms with Crippen molar-refractivity contribution in [1.82, 2.24) is 0 Å². The van der Waals surface area contributed by atoms with Gasteiger partial charge in [-0.25, -0.2) is 0 Å². The number of aryl methyl sites for hydroxylation is 4. The summed E-state index contributed by atoms with van der Waals surface area (Å²) in [5.41, 5.74) is 12.5. The van der Waals surface area contributed by atoms with Gasteiger partial charge in [-0.2, -0.15) is 0 Å². The van der Waals surface area contributed by atoms with Crippen LogP contribution in [0.2, 0.25) is 0 Å². The van der Waals surface area contributed by atoms with Crippen LogP contribution in [0.4, 0.5) is 0 Å². The monoisotopic (exact) mass is 1280 g/mol. The Morgan fingerprint density at radius 1 is 0.213 bits per heavy atom. The highest BCUT2D eigenvalue weighted by Gasteiger charge is 2.36. The standard InChI is InChI=1S/C25H40.C24H38.C23H36.C22H34/c1-3-5-6-8-20-9-13-24(14-10-20)25-15-11-21(12-16-25)17-23-18-22(19-23)7-4-2;1-3-5-7-19-8-12-23(13-9-19)24-14-10-20(11-15-24)16-22-17-21(18-22)6-4-2;1-3-5-18-7-11-22(12-8-18)23-13-9-19(10-14-23)15-21-16-20(17-21)6-4-2;1-3-5-19-15-20(16-19)14-18-8-12-22(13-9-18)21-10-6-17(4-2)7-11-21/h9-10,13-14,21-23,25H,3-8,11-12,15-19H2,1-2H3;8-9,12-13,20-22,24H,3-7,10-11,14-18H2,1-2H3;7-8,11-12,19-21,23H,3-6,9-10,13-17H2,1-2H3;6-7,10-11,18-20,22H,3-5,8-9,12-16H2,1-2H3. The van der Waals surface area contributed by atoms with Crippen LogP contribution in [0.1, 0.15) is 393 Å². The van der Waals surface area contributed by atoms with Crippen molar-refractivity contribution in [3.05, 3.63) is 142 Å². The molecular formula is C94H148. The molecule has 8 aliphatic carbocycles. The summed E-state index contributed by atoms with van der Waals surface area (Å²) in [5, 5.41) is 0. The fraction of sp³-hybridized carbons (Fsp3) is 0.745. The van der Waals surface area contributed by atoms with E-state index in [0.29, 0.717) is 0 Å². The average Bonchev–Trinajstić information content (AvgIpc) is 0.927. The first-order valence-corrected chi connectivity index (χ1v) is 42.5. The molecule has 94 heavy (non-hydrogen) atoms. The van der Waals surface area contributed by atoms with Crippen molar-refractivity contribution in [3.8, 4) is 0 Å². The van der Waals surface area contributed by atoms with Gasteiger partial charge in [-0.05, 0) is 358 Å². The molecule has 0 saturated heterocycles. The van der Waals surface area contributed by atoms with Crippen molar-refractivity contribution in [3.63, 3.8) is 0 Å². The Kier molecular flexibility index (Phi) is 33.1. The van der Waals surface area contributed by atoms with Crippen LogP contribution in [0.15, 0.2) is 97.1 Å². The minimum atomic E-state index is 0.843. The van der Waals surface area contributed by atoms with Crippen LogP contribution in [-0.4, -0.2) is 0 Å². The summed E-state index contributed by atoms with van der Waals surface area (Å²) in [5.74, 6) is 16.2. The van der Waals surface area contributed by atoms with Gasteiger partial charge in [-0.15, -0.1) is 0 Å². The molecule has 8 saturated carbocycles. The van der Waals surface area contributed by atoms with Crippen molar-refractivity contribution in [2.75, 3.05) is 0 Å². The van der Waals surface area contributed by atoms with Crippen LogP contribution in [0.25, 0.3) is 0 Å². The Morgan fingerprint density at radius 3 is 0.691 bits per heavy atom. The summed E-state index contributed by atoms with van der Waals surface area (Å²) in [7, 11) is 0. The number of benzene rings is 4. The Bertz CT molecular complexity index is 2530. The van der Waals surface area contributed by atoms with Crippen LogP contribution >= 0.6 is 0 Å². The summed E-state index contributed by atoms with van der Waals surface area (Å²) in [4.78, 5) is 0. The highest BCUT2D eigenvalue weighted by atomic mass is 14.4. The second-order valence-electron chi connectivity index (χ2n) is 34.4. The highest BCUT2D eigenvalue weighted by Crippen LogP contribution is 2.49. The maximum Gasteiger partial charge on any atom is -0.0162 e. The van der Waals surface area contributed by atoms with E-state index >= 15 is 0 Å². The first kappa shape index (κ1) is 75.1. The summed E-state index contributed by atoms with van der Waals surface area (Å²) in [6.45, 7) is 18.4. The van der Waals surface area contributed by atoms with Gasteiger partial charge in [0.2, 0.25) is 0 Å². The summed E-state index contributed by atoms with van der Waals surface area (Å²) >= 11 is 0. The first-order chi connectivity index (χ1) is 46.1. The largest absolute Gasteiger partial charge is 0.0654 e. The fourth-order valence-electron chi connectivity index (χ4n) is 20.8. The smallest absolute Gasteiger partial charge is 0.0162 e. The van der Waals surface area contributed by atoms with E-state index in [2.05, 4.69) is 152 Å². The lowest BCUT2D eigenvalue weighted by Gasteiger charge is -2.39. The van der Waals surface area contributed by atoms with E-state index < -0.39 is 0 Å². The molecule has 0 unspecified atom stereocenters. The molecule has 12 rings (SSSR count). The maximum absolute atomic E-state index is 2.44. The van der Waals surface area contributed by atoms with Gasteiger partial charge in [0.15, 0.2) is 0 Å². The molecule has 0 amide bonds. The zero-order valence-corrected chi connectivity index (χ0v) is 63.0. The number of hydrogen-bond acceptors (Lipinski definition) is 0. The molecule has 0 nitrogen and oxygen atoms in total. The van der Waals surface area contributed by atoms with Gasteiger partial charge in [0, 0.05) is 0 Å². The van der Waals surface area contributed by atoms with Crippen LogP contribution < -0.4 is 0 Å². The predicted molar refractivity (Wildman–Crippen MR) is 413 cm³/mol. The van der Waals surface area contributed by atoms with Gasteiger partial charge < -0.3 is 0 Å². The van der Waals surface area contributed by atoms with E-state index in [-0.39, 0.29) is 0 Å². The molecule has 0 aromatic heterocycles. The average molecular weight is 1280 g/mol. The molecule has 0 heterocycles. The molecule has 8 fully saturated rings. The molecule has 4 aromatic carbocycles. The summed E-state index contributed by atoms with van der Waals surface area (Å²) < 4.78 is 0. The quantitative estimate of drug-likeness (QED) is 0.0457. The third kappa shape index (κ3) is 24.6. The second-order valence-corrected chi connectivity index (χ2v) is 34.4. The van der Waals surface area contributed by atoms with Crippen molar-refractivity contribution < 1.29 is 0 Å². The molecule has 0 heteroatoms. The number of unbranched alkanes of at least 4 members (excludes halogenated alkanes) is 3. The van der Waals surface area contributed by atoms with E-state index in [1.807, 2.05) is 0 Å². The molecule has 0 spiro atoms. The second kappa shape index (κ2) is 41.5. The SMILES string of the molecule is CCCC1CC(CC2CCC(c3ccc(CC)cc3)CC2)C1.CCCCCc1ccc(C2CCC(CC3CC(CCC)C3)CC2)cc1.CCCCc1ccc(C2CCC(CC3CC(CCC)C3)CC2)cc1.CCCc1ccc(C2CCC(CC3CC(CCC)C3)CC2)cc1. The molecule has 0 bridgehead atoms. The van der Waals surface area contributed by atoms with Gasteiger partial charge in [0.05, 0.1) is 0 Å². The van der Waals surface area contributed by atoms with Gasteiger partial charge in [0.1, 0.15) is 0 Å². The third-order valence-corrected chi connectivity index (χ3v) is 26.8. The minimum Gasteiger partial charge on any atom is -0.0654 e. The predicted octanol–water partition coefficient (Wildman–Crippen LogP) is 29.3. The first-order valence-electron chi connectivity index (χ1n) is 42.5.